The Kier molecular flexibility index (Phi) is 7.69. The molecule has 3 amide bonds. The minimum Gasteiger partial charge on any atom is -0.444 e. The number of benzene rings is 1. The van der Waals surface area contributed by atoms with Gasteiger partial charge in [0, 0.05) is 17.0 Å². The van der Waals surface area contributed by atoms with E-state index in [2.05, 4.69) is 16.2 Å². The normalized spacial score (nSPS) is 19.4. The lowest BCUT2D eigenvalue weighted by atomic mass is 9.85. The number of ether oxygens (including phenoxy) is 1. The summed E-state index contributed by atoms with van der Waals surface area (Å²) >= 11 is 5.82. The van der Waals surface area contributed by atoms with Gasteiger partial charge in [-0.2, -0.15) is 0 Å². The molecule has 1 aromatic carbocycles. The fourth-order valence-corrected chi connectivity index (χ4v) is 3.17. The van der Waals surface area contributed by atoms with Crippen LogP contribution in [-0.4, -0.2) is 29.6 Å². The Bertz CT molecular complexity index is 692. The molecule has 0 spiro atoms. The van der Waals surface area contributed by atoms with Gasteiger partial charge in [0.2, 0.25) is 11.8 Å². The van der Waals surface area contributed by atoms with E-state index in [9.17, 15) is 14.4 Å². The number of hydrogen-bond donors (Lipinski definition) is 3. The third-order valence-electron chi connectivity index (χ3n) is 4.42. The van der Waals surface area contributed by atoms with Crippen molar-refractivity contribution in [1.29, 1.82) is 0 Å². The van der Waals surface area contributed by atoms with Crippen LogP contribution in [0.2, 0.25) is 5.02 Å². The maximum absolute atomic E-state index is 12.3. The van der Waals surface area contributed by atoms with E-state index in [1.807, 2.05) is 20.8 Å². The first-order valence-electron chi connectivity index (χ1n) is 9.45. The van der Waals surface area contributed by atoms with Gasteiger partial charge >= 0.3 is 6.09 Å². The van der Waals surface area contributed by atoms with Crippen molar-refractivity contribution in [3.8, 4) is 0 Å². The van der Waals surface area contributed by atoms with Crippen molar-refractivity contribution in [2.45, 2.75) is 64.5 Å². The average Bonchev–Trinajstić information content (AvgIpc) is 2.60. The van der Waals surface area contributed by atoms with Crippen LogP contribution in [-0.2, 0) is 20.7 Å². The summed E-state index contributed by atoms with van der Waals surface area (Å²) in [6, 6.07) is 6.96. The molecule has 0 unspecified atom stereocenters. The molecular formula is C20H28ClN3O4. The number of halogens is 1. The van der Waals surface area contributed by atoms with Crippen molar-refractivity contribution in [3.63, 3.8) is 0 Å². The Morgan fingerprint density at radius 2 is 1.64 bits per heavy atom. The lowest BCUT2D eigenvalue weighted by Gasteiger charge is -2.29. The summed E-state index contributed by atoms with van der Waals surface area (Å²) in [5.74, 6) is -0.691. The number of carbonyl (C=O) groups is 3. The van der Waals surface area contributed by atoms with E-state index in [0.717, 1.165) is 5.56 Å². The van der Waals surface area contributed by atoms with Gasteiger partial charge in [-0.25, -0.2) is 4.79 Å². The summed E-state index contributed by atoms with van der Waals surface area (Å²) < 4.78 is 5.25. The molecule has 154 valence electrons. The standard InChI is InChI=1S/C20H28ClN3O4/c1-20(2,3)28-19(27)22-16-10-6-14(7-11-16)18(26)24-23-17(25)12-13-4-8-15(21)9-5-13/h4-5,8-9,14,16H,6-7,10-12H2,1-3H3,(H,22,27)(H,23,25)(H,24,26)/t14-,16-. The summed E-state index contributed by atoms with van der Waals surface area (Å²) in [4.78, 5) is 36.0. The molecule has 1 fully saturated rings. The van der Waals surface area contributed by atoms with Gasteiger partial charge in [-0.15, -0.1) is 0 Å². The third kappa shape index (κ3) is 7.76. The lowest BCUT2D eigenvalue weighted by Crippen LogP contribution is -2.47. The Labute approximate surface area is 170 Å². The summed E-state index contributed by atoms with van der Waals surface area (Å²) in [7, 11) is 0. The Morgan fingerprint density at radius 3 is 2.21 bits per heavy atom. The monoisotopic (exact) mass is 409 g/mol. The van der Waals surface area contributed by atoms with Gasteiger partial charge in [0.25, 0.3) is 0 Å². The van der Waals surface area contributed by atoms with E-state index < -0.39 is 11.7 Å². The van der Waals surface area contributed by atoms with Crippen LogP contribution in [0.1, 0.15) is 52.0 Å². The van der Waals surface area contributed by atoms with Crippen molar-refractivity contribution in [3.05, 3.63) is 34.9 Å². The van der Waals surface area contributed by atoms with Crippen LogP contribution < -0.4 is 16.2 Å². The van der Waals surface area contributed by atoms with Crippen LogP contribution in [0.5, 0.6) is 0 Å². The second-order valence-electron chi connectivity index (χ2n) is 8.04. The van der Waals surface area contributed by atoms with Crippen LogP contribution in [0.4, 0.5) is 4.79 Å². The van der Waals surface area contributed by atoms with E-state index in [-0.39, 0.29) is 30.2 Å². The van der Waals surface area contributed by atoms with Gasteiger partial charge in [-0.05, 0) is 64.2 Å². The molecule has 1 aliphatic rings. The molecule has 0 atom stereocenters. The van der Waals surface area contributed by atoms with Crippen molar-refractivity contribution < 1.29 is 19.1 Å². The SMILES string of the molecule is CC(C)(C)OC(=O)N[C@H]1CC[C@H](C(=O)NNC(=O)Cc2ccc(Cl)cc2)CC1. The zero-order valence-electron chi connectivity index (χ0n) is 16.5. The highest BCUT2D eigenvalue weighted by Crippen LogP contribution is 2.24. The lowest BCUT2D eigenvalue weighted by molar-refractivity contribution is -0.131. The Balaban J connectivity index is 1.68. The molecule has 0 heterocycles. The van der Waals surface area contributed by atoms with Gasteiger partial charge in [-0.1, -0.05) is 23.7 Å². The van der Waals surface area contributed by atoms with Gasteiger partial charge < -0.3 is 10.1 Å². The van der Waals surface area contributed by atoms with Crippen LogP contribution >= 0.6 is 11.6 Å². The second-order valence-corrected chi connectivity index (χ2v) is 8.47. The zero-order chi connectivity index (χ0) is 20.7. The second kappa shape index (κ2) is 9.78. The van der Waals surface area contributed by atoms with Gasteiger partial charge in [-0.3, -0.25) is 20.4 Å². The van der Waals surface area contributed by atoms with Gasteiger partial charge in [0.05, 0.1) is 6.42 Å². The molecule has 0 aliphatic heterocycles. The number of alkyl carbamates (subject to hydrolysis) is 1. The van der Waals surface area contributed by atoms with Crippen LogP contribution in [0.3, 0.4) is 0 Å². The molecule has 1 saturated carbocycles. The predicted octanol–water partition coefficient (Wildman–Crippen LogP) is 3.11. The number of carbonyl (C=O) groups excluding carboxylic acids is 3. The molecule has 2 rings (SSSR count). The Morgan fingerprint density at radius 1 is 1.04 bits per heavy atom. The topological polar surface area (TPSA) is 96.5 Å². The summed E-state index contributed by atoms with van der Waals surface area (Å²) in [6.45, 7) is 5.44. The quantitative estimate of drug-likeness (QED) is 0.665. The number of nitrogens with one attached hydrogen (secondary N) is 3. The number of hydrazine groups is 1. The molecule has 7 nitrogen and oxygen atoms in total. The number of hydrogen-bond acceptors (Lipinski definition) is 4. The highest BCUT2D eigenvalue weighted by Gasteiger charge is 2.28. The molecule has 0 aromatic heterocycles. The molecule has 3 N–H and O–H groups in total. The molecule has 0 bridgehead atoms. The van der Waals surface area contributed by atoms with E-state index in [1.54, 1.807) is 24.3 Å². The van der Waals surface area contributed by atoms with Crippen molar-refractivity contribution >= 4 is 29.5 Å². The summed E-state index contributed by atoms with van der Waals surface area (Å²) in [5.41, 5.74) is 5.22. The molecule has 8 heteroatoms. The molecule has 0 saturated heterocycles. The molecule has 1 aromatic rings. The Hall–Kier alpha value is -2.28. The minimum absolute atomic E-state index is 0.00149. The minimum atomic E-state index is -0.536. The first kappa shape index (κ1) is 22.0. The predicted molar refractivity (Wildman–Crippen MR) is 107 cm³/mol. The summed E-state index contributed by atoms with van der Waals surface area (Å²) in [5, 5.41) is 3.45. The van der Waals surface area contributed by atoms with E-state index in [1.165, 1.54) is 0 Å². The van der Waals surface area contributed by atoms with Gasteiger partial charge in [0.1, 0.15) is 5.60 Å². The van der Waals surface area contributed by atoms with E-state index in [4.69, 9.17) is 16.3 Å². The zero-order valence-corrected chi connectivity index (χ0v) is 17.3. The third-order valence-corrected chi connectivity index (χ3v) is 4.67. The van der Waals surface area contributed by atoms with Gasteiger partial charge in [0.15, 0.2) is 0 Å². The van der Waals surface area contributed by atoms with Crippen molar-refractivity contribution in [2.75, 3.05) is 0 Å². The highest BCUT2D eigenvalue weighted by atomic mass is 35.5. The maximum atomic E-state index is 12.3. The molecule has 0 radical (unpaired) electrons. The van der Waals surface area contributed by atoms with E-state index in [0.29, 0.717) is 30.7 Å². The first-order chi connectivity index (χ1) is 13.1. The average molecular weight is 410 g/mol. The smallest absolute Gasteiger partial charge is 0.407 e. The molecule has 28 heavy (non-hydrogen) atoms. The fourth-order valence-electron chi connectivity index (χ4n) is 3.04. The molecule has 1 aliphatic carbocycles. The largest absolute Gasteiger partial charge is 0.444 e. The van der Waals surface area contributed by atoms with Crippen molar-refractivity contribution in [2.24, 2.45) is 5.92 Å². The van der Waals surface area contributed by atoms with Crippen LogP contribution in [0, 0.1) is 5.92 Å². The van der Waals surface area contributed by atoms with E-state index >= 15 is 0 Å². The maximum Gasteiger partial charge on any atom is 0.407 e. The van der Waals surface area contributed by atoms with Crippen LogP contribution in [0.15, 0.2) is 24.3 Å². The fraction of sp³-hybridized carbons (Fsp3) is 0.550. The highest BCUT2D eigenvalue weighted by molar-refractivity contribution is 6.30. The van der Waals surface area contributed by atoms with Crippen LogP contribution in [0.25, 0.3) is 0 Å². The number of rotatable bonds is 4. The number of amides is 3. The first-order valence-corrected chi connectivity index (χ1v) is 9.83. The summed E-state index contributed by atoms with van der Waals surface area (Å²) in [6.07, 6.45) is 2.38. The van der Waals surface area contributed by atoms with Crippen molar-refractivity contribution in [1.82, 2.24) is 16.2 Å². The molecular weight excluding hydrogens is 382 g/mol.